The Bertz CT molecular complexity index is 3050. The van der Waals surface area contributed by atoms with Crippen molar-refractivity contribution in [3.05, 3.63) is 69.5 Å². The van der Waals surface area contributed by atoms with Crippen molar-refractivity contribution < 1.29 is 76.6 Å². The molecule has 85 heavy (non-hydrogen) atoms. The number of esters is 2. The van der Waals surface area contributed by atoms with E-state index in [1.165, 1.54) is 32.7 Å². The number of rotatable bonds is 20. The molecule has 0 bridgehead atoms. The van der Waals surface area contributed by atoms with Crippen LogP contribution >= 0.6 is 0 Å². The normalized spacial score (nSPS) is 30.5. The van der Waals surface area contributed by atoms with Gasteiger partial charge in [0.15, 0.2) is 24.6 Å². The largest absolute Gasteiger partial charge is 0.509 e. The minimum absolute atomic E-state index is 0.00682. The predicted octanol–water partition coefficient (Wildman–Crippen LogP) is 6.22. The monoisotopic (exact) mass is 1190 g/mol. The van der Waals surface area contributed by atoms with Gasteiger partial charge in [0, 0.05) is 86.6 Å². The van der Waals surface area contributed by atoms with E-state index in [1.54, 1.807) is 51.3 Å². The zero-order chi connectivity index (χ0) is 62.1. The molecule has 1 aromatic carbocycles. The number of aliphatic hydroxyl groups excluding tert-OH is 1. The van der Waals surface area contributed by atoms with Gasteiger partial charge in [0.1, 0.15) is 29.7 Å². The van der Waals surface area contributed by atoms with E-state index in [2.05, 4.69) is 37.9 Å². The quantitative estimate of drug-likeness (QED) is 0.0276. The fourth-order valence-electron chi connectivity index (χ4n) is 12.1. The highest BCUT2D eigenvalue weighted by molar-refractivity contribution is 5.94. The van der Waals surface area contributed by atoms with Gasteiger partial charge in [0.05, 0.1) is 52.6 Å². The third-order valence-electron chi connectivity index (χ3n) is 16.9. The van der Waals surface area contributed by atoms with E-state index in [-0.39, 0.29) is 67.6 Å². The van der Waals surface area contributed by atoms with Crippen LogP contribution in [0.15, 0.2) is 46.7 Å². The molecule has 1 amide bonds. The van der Waals surface area contributed by atoms with Crippen LogP contribution in [0.25, 0.3) is 10.9 Å². The number of aromatic carboxylic acids is 1. The minimum atomic E-state index is -1.55. The number of pyridine rings is 2. The van der Waals surface area contributed by atoms with E-state index in [1.807, 2.05) is 39.8 Å². The molecule has 14 atom stereocenters. The number of likely N-dealkylation sites (N-methyl/N-ethyl adjacent to an activating group) is 1. The van der Waals surface area contributed by atoms with Gasteiger partial charge in [-0.05, 0) is 111 Å². The molecule has 1 saturated carbocycles. The molecule has 4 fully saturated rings. The van der Waals surface area contributed by atoms with Crippen LogP contribution in [0.1, 0.15) is 139 Å². The summed E-state index contributed by atoms with van der Waals surface area (Å²) in [5.74, 6) is -1.26. The Hall–Kier alpha value is -6.75. The number of hydrogen-bond donors (Lipinski definition) is 5. The maximum atomic E-state index is 15.3. The number of carbonyl (C=O) groups is 5. The zero-order valence-corrected chi connectivity index (χ0v) is 50.7. The van der Waals surface area contributed by atoms with Gasteiger partial charge in [-0.3, -0.25) is 24.2 Å². The lowest BCUT2D eigenvalue weighted by Crippen LogP contribution is -2.60. The molecule has 2 aromatic heterocycles. The topological polar surface area (TPSA) is 286 Å². The highest BCUT2D eigenvalue weighted by atomic mass is 19.1. The second-order valence-corrected chi connectivity index (χ2v) is 23.5. The number of carboxylic acid groups (broad SMARTS) is 1. The SMILES string of the molecule is CC[C@H]1OC(=O)[C@H](C)[C@@H](OC(=O)CCNCCCCNc2cc3c(cc2F)c(=O)c(C(=O)O)cn3C2CC2)[C@H](C)C(O[C@@H]2O[C@H](C)C[C@H](N(C)C)[C@H]2O)[C@](C)(OC)C[C@@H](C)C(=NOCC#Cc2cncc(C(=O)NC)c2)[C@H](C)[C@H]2OC(=O)O[C@@]21C. The van der Waals surface area contributed by atoms with Crippen LogP contribution in [0.4, 0.5) is 14.9 Å². The molecule has 1 aliphatic carbocycles. The average Bonchev–Trinajstić information content (AvgIpc) is 3.82. The molecule has 23 nitrogen and oxygen atoms in total. The maximum absolute atomic E-state index is 15.3. The third kappa shape index (κ3) is 15.5. The second-order valence-electron chi connectivity index (χ2n) is 23.5. The number of aromatic nitrogens is 2. The summed E-state index contributed by atoms with van der Waals surface area (Å²) in [4.78, 5) is 91.2. The fraction of sp³-hybridized carbons (Fsp3) is 0.639. The summed E-state index contributed by atoms with van der Waals surface area (Å²) in [7, 11) is 6.74. The Morgan fingerprint density at radius 2 is 1.73 bits per heavy atom. The molecule has 3 saturated heterocycles. The number of amides is 1. The van der Waals surface area contributed by atoms with Gasteiger partial charge in [-0.1, -0.05) is 44.7 Å². The van der Waals surface area contributed by atoms with Crippen LogP contribution in [0.3, 0.4) is 0 Å². The number of halogens is 1. The highest BCUT2D eigenvalue weighted by Crippen LogP contribution is 2.44. The molecule has 0 radical (unpaired) electrons. The summed E-state index contributed by atoms with van der Waals surface area (Å²) in [6.07, 6.45) is -0.315. The Kier molecular flexibility index (Phi) is 22.2. The molecule has 1 unspecified atom stereocenters. The lowest BCUT2D eigenvalue weighted by Gasteiger charge is -2.48. The number of aliphatic hydroxyl groups is 1. The molecule has 466 valence electrons. The van der Waals surface area contributed by atoms with Crippen LogP contribution in [0.5, 0.6) is 0 Å². The maximum Gasteiger partial charge on any atom is 0.509 e. The van der Waals surface area contributed by atoms with E-state index >= 15 is 4.39 Å². The zero-order valence-electron chi connectivity index (χ0n) is 50.7. The van der Waals surface area contributed by atoms with Crippen molar-refractivity contribution in [1.29, 1.82) is 0 Å². The Morgan fingerprint density at radius 3 is 2.40 bits per heavy atom. The number of nitrogens with one attached hydrogen (secondary N) is 3. The van der Waals surface area contributed by atoms with E-state index in [9.17, 15) is 39.0 Å². The smallest absolute Gasteiger partial charge is 0.477 e. The van der Waals surface area contributed by atoms with Gasteiger partial charge in [0.2, 0.25) is 5.43 Å². The Morgan fingerprint density at radius 1 is 1.00 bits per heavy atom. The number of carboxylic acids is 1. The van der Waals surface area contributed by atoms with Crippen molar-refractivity contribution in [2.24, 2.45) is 28.8 Å². The van der Waals surface area contributed by atoms with Crippen LogP contribution in [0.2, 0.25) is 0 Å². The van der Waals surface area contributed by atoms with E-state index < -0.39 is 113 Å². The van der Waals surface area contributed by atoms with Crippen LogP contribution in [-0.4, -0.2) is 175 Å². The van der Waals surface area contributed by atoms with Gasteiger partial charge in [0.25, 0.3) is 5.91 Å². The molecule has 5 heterocycles. The molecular weight excluding hydrogens is 1110 g/mol. The van der Waals surface area contributed by atoms with Crippen molar-refractivity contribution in [3.63, 3.8) is 0 Å². The lowest BCUT2D eigenvalue weighted by molar-refractivity contribution is -0.301. The van der Waals surface area contributed by atoms with E-state index in [4.69, 9.17) is 38.0 Å². The molecule has 7 rings (SSSR count). The first-order chi connectivity index (χ1) is 40.3. The highest BCUT2D eigenvalue weighted by Gasteiger charge is 2.59. The van der Waals surface area contributed by atoms with Crippen LogP contribution in [-0.2, 0) is 47.6 Å². The summed E-state index contributed by atoms with van der Waals surface area (Å²) in [6.45, 7) is 15.0. The molecule has 4 aliphatic rings. The number of carbonyl (C=O) groups excluding carboxylic acids is 4. The number of cyclic esters (lactones) is 1. The van der Waals surface area contributed by atoms with Crippen molar-refractivity contribution in [2.45, 2.75) is 173 Å². The summed E-state index contributed by atoms with van der Waals surface area (Å²) < 4.78 is 61.5. The molecule has 0 spiro atoms. The van der Waals surface area contributed by atoms with Gasteiger partial charge >= 0.3 is 24.1 Å². The second kappa shape index (κ2) is 28.6. The first-order valence-electron chi connectivity index (χ1n) is 29.3. The van der Waals surface area contributed by atoms with E-state index in [0.29, 0.717) is 54.7 Å². The number of nitrogens with zero attached hydrogens (tertiary/aromatic N) is 4. The minimum Gasteiger partial charge on any atom is -0.477 e. The number of fused-ring (bicyclic) bond motifs is 2. The molecule has 3 aliphatic heterocycles. The molecule has 5 N–H and O–H groups in total. The molecular formula is C61H84FN7O16. The number of ether oxygens (including phenoxy) is 7. The lowest BCUT2D eigenvalue weighted by atomic mass is 9.73. The average molecular weight is 1190 g/mol. The first kappa shape index (κ1) is 65.8. The molecule has 24 heteroatoms. The predicted molar refractivity (Wildman–Crippen MR) is 310 cm³/mol. The van der Waals surface area contributed by atoms with Gasteiger partial charge in [-0.15, -0.1) is 0 Å². The standard InChI is InChI=1S/C61H84FN7O16/c1-13-47-61(8)54(84-59(77)85-61)35(4)49(67-79-24-16-17-38-26-39(31-65-30-38)55(73)63-9)33(2)29-60(7,78-12)53(83-58-51(72)46(68(10)11)25-34(3)80-58)36(5)52(37(6)57(76)81-47)82-48(70)20-23-64-21-14-15-22-66-44-28-45-41(27-43(44)62)50(71)42(56(74)75)32-69(45)40-18-19-40/h26-28,30-37,40,46-47,51-54,58,64,66,72H,13-15,18-25,29H2,1-12H3,(H,63,73)(H,74,75)/t33-,34-,35+,36+,37-,46+,47-,51-,52+,53?,54-,58+,60-,61-/m1/s1. The first-order valence-corrected chi connectivity index (χ1v) is 29.3. The summed E-state index contributed by atoms with van der Waals surface area (Å²) in [6, 6.07) is 3.89. The van der Waals surface area contributed by atoms with Crippen molar-refractivity contribution in [2.75, 3.05) is 59.8 Å². The fourth-order valence-corrected chi connectivity index (χ4v) is 12.1. The molecule has 3 aromatic rings. The van der Waals surface area contributed by atoms with Crippen molar-refractivity contribution >= 4 is 52.3 Å². The number of benzene rings is 1. The van der Waals surface area contributed by atoms with E-state index in [0.717, 1.165) is 18.9 Å². The van der Waals surface area contributed by atoms with Gasteiger partial charge in [-0.25, -0.2) is 14.0 Å². The van der Waals surface area contributed by atoms with Gasteiger partial charge in [-0.2, -0.15) is 0 Å². The number of methoxy groups -OCH3 is 1. The number of anilines is 1. The third-order valence-corrected chi connectivity index (χ3v) is 16.9. The van der Waals surface area contributed by atoms with Crippen LogP contribution in [0, 0.1) is 41.3 Å². The van der Waals surface area contributed by atoms with Crippen molar-refractivity contribution in [3.8, 4) is 11.8 Å². The van der Waals surface area contributed by atoms with Crippen molar-refractivity contribution in [1.82, 2.24) is 25.1 Å². The number of unbranched alkanes of at least 4 members (excludes halogenated alkanes) is 1. The van der Waals surface area contributed by atoms with Crippen LogP contribution < -0.4 is 21.4 Å². The van der Waals surface area contributed by atoms with Gasteiger partial charge < -0.3 is 73.6 Å². The summed E-state index contributed by atoms with van der Waals surface area (Å²) in [5.41, 5.74) is -2.20. The number of oxime groups is 1. The Balaban J connectivity index is 1.12. The number of hydrogen-bond acceptors (Lipinski definition) is 20. The summed E-state index contributed by atoms with van der Waals surface area (Å²) in [5, 5.41) is 35.1. The Labute approximate surface area is 495 Å². The summed E-state index contributed by atoms with van der Waals surface area (Å²) >= 11 is 0.